The third-order valence-corrected chi connectivity index (χ3v) is 2.50. The first-order valence-electron chi connectivity index (χ1n) is 5.00. The van der Waals surface area contributed by atoms with Gasteiger partial charge in [-0.3, -0.25) is 19.6 Å². The number of nitrogens with two attached hydrogens (primary N) is 2. The SMILES string of the molecule is NC(=O)c1cn(N)cc1-c1ccc([N+](=O)[O-])cc1. The number of non-ortho nitro benzene ring substituents is 1. The van der Waals surface area contributed by atoms with E-state index in [0.717, 1.165) is 0 Å². The van der Waals surface area contributed by atoms with Crippen molar-refractivity contribution >= 4 is 11.6 Å². The van der Waals surface area contributed by atoms with Crippen LogP contribution in [0.25, 0.3) is 11.1 Å². The third kappa shape index (κ3) is 2.01. The Balaban J connectivity index is 2.48. The molecule has 0 saturated heterocycles. The number of aromatic nitrogens is 1. The van der Waals surface area contributed by atoms with Crippen LogP contribution in [0, 0.1) is 10.1 Å². The van der Waals surface area contributed by atoms with Crippen LogP contribution in [0.4, 0.5) is 5.69 Å². The van der Waals surface area contributed by atoms with Crippen molar-refractivity contribution in [2.45, 2.75) is 0 Å². The molecule has 0 aliphatic rings. The second-order valence-electron chi connectivity index (χ2n) is 3.70. The Morgan fingerprint density at radius 3 is 2.33 bits per heavy atom. The predicted octanol–water partition coefficient (Wildman–Crippen LogP) is 0.876. The summed E-state index contributed by atoms with van der Waals surface area (Å²) in [6.07, 6.45) is 2.93. The van der Waals surface area contributed by atoms with E-state index in [0.29, 0.717) is 11.1 Å². The molecule has 2 rings (SSSR count). The van der Waals surface area contributed by atoms with Crippen molar-refractivity contribution in [1.82, 2.24) is 4.68 Å². The van der Waals surface area contributed by atoms with Crippen molar-refractivity contribution in [3.8, 4) is 11.1 Å². The van der Waals surface area contributed by atoms with Crippen molar-refractivity contribution in [2.24, 2.45) is 5.73 Å². The average Bonchev–Trinajstić information content (AvgIpc) is 2.71. The molecule has 0 aliphatic carbocycles. The highest BCUT2D eigenvalue weighted by molar-refractivity contribution is 5.99. The van der Waals surface area contributed by atoms with E-state index in [4.69, 9.17) is 11.6 Å². The van der Waals surface area contributed by atoms with Gasteiger partial charge in [0.05, 0.1) is 10.5 Å². The lowest BCUT2D eigenvalue weighted by atomic mass is 10.0. The van der Waals surface area contributed by atoms with Crippen molar-refractivity contribution in [3.05, 3.63) is 52.3 Å². The van der Waals surface area contributed by atoms with E-state index in [1.807, 2.05) is 0 Å². The second-order valence-corrected chi connectivity index (χ2v) is 3.70. The van der Waals surface area contributed by atoms with Gasteiger partial charge in [-0.2, -0.15) is 0 Å². The lowest BCUT2D eigenvalue weighted by molar-refractivity contribution is -0.384. The number of rotatable bonds is 3. The van der Waals surface area contributed by atoms with Crippen molar-refractivity contribution in [1.29, 1.82) is 0 Å². The monoisotopic (exact) mass is 246 g/mol. The van der Waals surface area contributed by atoms with Crippen LogP contribution in [0.5, 0.6) is 0 Å². The van der Waals surface area contributed by atoms with E-state index >= 15 is 0 Å². The van der Waals surface area contributed by atoms with E-state index in [9.17, 15) is 14.9 Å². The maximum Gasteiger partial charge on any atom is 0.269 e. The second kappa shape index (κ2) is 4.21. The van der Waals surface area contributed by atoms with Crippen LogP contribution in [-0.4, -0.2) is 15.5 Å². The van der Waals surface area contributed by atoms with E-state index in [2.05, 4.69) is 0 Å². The van der Waals surface area contributed by atoms with E-state index < -0.39 is 10.8 Å². The van der Waals surface area contributed by atoms with E-state index in [-0.39, 0.29) is 11.3 Å². The highest BCUT2D eigenvalue weighted by Crippen LogP contribution is 2.25. The molecule has 0 fully saturated rings. The summed E-state index contributed by atoms with van der Waals surface area (Å²) < 4.78 is 1.22. The fraction of sp³-hybridized carbons (Fsp3) is 0. The largest absolute Gasteiger partial charge is 0.366 e. The van der Waals surface area contributed by atoms with Gasteiger partial charge in [0.25, 0.3) is 11.6 Å². The zero-order valence-electron chi connectivity index (χ0n) is 9.24. The number of nitrogens with zero attached hydrogens (tertiary/aromatic N) is 2. The Bertz CT molecular complexity index is 616. The Kier molecular flexibility index (Phi) is 2.72. The minimum atomic E-state index is -0.604. The smallest absolute Gasteiger partial charge is 0.269 e. The van der Waals surface area contributed by atoms with Gasteiger partial charge in [0.2, 0.25) is 0 Å². The van der Waals surface area contributed by atoms with Gasteiger partial charge >= 0.3 is 0 Å². The molecule has 18 heavy (non-hydrogen) atoms. The van der Waals surface area contributed by atoms with Crippen LogP contribution >= 0.6 is 0 Å². The van der Waals surface area contributed by atoms with Gasteiger partial charge in [-0.15, -0.1) is 0 Å². The van der Waals surface area contributed by atoms with Gasteiger partial charge < -0.3 is 11.6 Å². The minimum absolute atomic E-state index is 0.0217. The van der Waals surface area contributed by atoms with Gasteiger partial charge in [0.1, 0.15) is 0 Å². The van der Waals surface area contributed by atoms with Crippen molar-refractivity contribution in [3.63, 3.8) is 0 Å². The molecule has 1 heterocycles. The molecule has 7 heteroatoms. The van der Waals surface area contributed by atoms with Gasteiger partial charge in [-0.05, 0) is 17.7 Å². The molecule has 1 aromatic carbocycles. The van der Waals surface area contributed by atoms with Gasteiger partial charge in [0.15, 0.2) is 0 Å². The summed E-state index contributed by atoms with van der Waals surface area (Å²) in [6, 6.07) is 5.79. The lowest BCUT2D eigenvalue weighted by Crippen LogP contribution is -2.11. The molecule has 0 radical (unpaired) electrons. The van der Waals surface area contributed by atoms with Crippen LogP contribution in [0.15, 0.2) is 36.7 Å². The maximum atomic E-state index is 11.2. The summed E-state index contributed by atoms with van der Waals surface area (Å²) in [5.41, 5.74) is 6.65. The maximum absolute atomic E-state index is 11.2. The quantitative estimate of drug-likeness (QED) is 0.474. The molecule has 1 aromatic heterocycles. The zero-order chi connectivity index (χ0) is 13.3. The highest BCUT2D eigenvalue weighted by atomic mass is 16.6. The molecular formula is C11H10N4O3. The minimum Gasteiger partial charge on any atom is -0.366 e. The van der Waals surface area contributed by atoms with E-state index in [1.165, 1.54) is 29.2 Å². The fourth-order valence-electron chi connectivity index (χ4n) is 1.66. The molecule has 0 atom stereocenters. The number of hydrogen-bond acceptors (Lipinski definition) is 4. The van der Waals surface area contributed by atoms with E-state index in [1.54, 1.807) is 12.1 Å². The fourth-order valence-corrected chi connectivity index (χ4v) is 1.66. The van der Waals surface area contributed by atoms with Gasteiger partial charge in [0, 0.05) is 30.1 Å². The van der Waals surface area contributed by atoms with Crippen LogP contribution in [0.3, 0.4) is 0 Å². The number of nitro benzene ring substituents is 1. The van der Waals surface area contributed by atoms with Gasteiger partial charge in [-0.25, -0.2) is 0 Å². The molecule has 0 aliphatic heterocycles. The summed E-state index contributed by atoms with van der Waals surface area (Å²) in [6.45, 7) is 0. The standard InChI is InChI=1S/C11H10N4O3/c12-11(16)10-6-14(13)5-9(10)7-1-3-8(4-2-7)15(17)18/h1-6H,13H2,(H2,12,16). The summed E-state index contributed by atoms with van der Waals surface area (Å²) in [7, 11) is 0. The molecule has 4 N–H and O–H groups in total. The topological polar surface area (TPSA) is 117 Å². The summed E-state index contributed by atoms with van der Waals surface area (Å²) >= 11 is 0. The van der Waals surface area contributed by atoms with Crippen molar-refractivity contribution < 1.29 is 9.72 Å². The lowest BCUT2D eigenvalue weighted by Gasteiger charge is -2.00. The third-order valence-electron chi connectivity index (χ3n) is 2.50. The highest BCUT2D eigenvalue weighted by Gasteiger charge is 2.14. The van der Waals surface area contributed by atoms with Crippen molar-refractivity contribution in [2.75, 3.05) is 5.84 Å². The number of hydrogen-bond donors (Lipinski definition) is 2. The number of benzene rings is 1. The van der Waals surface area contributed by atoms with Crippen LogP contribution in [0.2, 0.25) is 0 Å². The molecule has 2 aromatic rings. The predicted molar refractivity (Wildman–Crippen MR) is 65.2 cm³/mol. The number of primary amides is 1. The first kappa shape index (κ1) is 11.6. The number of nitrogen functional groups attached to an aromatic ring is 1. The Hall–Kier alpha value is -2.83. The first-order valence-corrected chi connectivity index (χ1v) is 5.00. The number of carbonyl (C=O) groups is 1. The molecule has 7 nitrogen and oxygen atoms in total. The summed E-state index contributed by atoms with van der Waals surface area (Å²) in [4.78, 5) is 21.3. The molecule has 92 valence electrons. The van der Waals surface area contributed by atoms with Crippen LogP contribution < -0.4 is 11.6 Å². The number of nitro groups is 1. The van der Waals surface area contributed by atoms with Gasteiger partial charge in [-0.1, -0.05) is 0 Å². The summed E-state index contributed by atoms with van der Waals surface area (Å²) in [5.74, 6) is 4.93. The Labute approximate surface area is 102 Å². The Morgan fingerprint density at radius 1 is 1.22 bits per heavy atom. The molecular weight excluding hydrogens is 236 g/mol. The zero-order valence-corrected chi connectivity index (χ0v) is 9.24. The normalized spacial score (nSPS) is 10.2. The van der Waals surface area contributed by atoms with Crippen LogP contribution in [-0.2, 0) is 0 Å². The molecule has 0 bridgehead atoms. The molecule has 0 unspecified atom stereocenters. The van der Waals surface area contributed by atoms with Crippen LogP contribution in [0.1, 0.15) is 10.4 Å². The molecule has 0 spiro atoms. The first-order chi connectivity index (χ1) is 8.49. The average molecular weight is 246 g/mol. The molecule has 0 saturated carbocycles. The number of carbonyl (C=O) groups excluding carboxylic acids is 1. The molecule has 1 amide bonds. The Morgan fingerprint density at radius 2 is 1.83 bits per heavy atom. The number of amides is 1. The summed E-state index contributed by atoms with van der Waals surface area (Å²) in [5, 5.41) is 10.5.